The van der Waals surface area contributed by atoms with Gasteiger partial charge >= 0.3 is 23.6 Å². The molecule has 1 aromatic rings. The van der Waals surface area contributed by atoms with Crippen molar-refractivity contribution in [3.05, 3.63) is 32.6 Å². The van der Waals surface area contributed by atoms with Gasteiger partial charge in [-0.1, -0.05) is 0 Å². The molecule has 2 aliphatic heterocycles. The molecule has 32 heavy (non-hydrogen) atoms. The minimum atomic E-state index is -2.29. The lowest BCUT2D eigenvalue weighted by atomic mass is 9.96. The lowest BCUT2D eigenvalue weighted by Gasteiger charge is -2.43. The third-order valence-electron chi connectivity index (χ3n) is 5.27. The number of aromatic nitrogens is 2. The number of amides is 2. The van der Waals surface area contributed by atoms with E-state index in [9.17, 15) is 43.8 Å². The molecule has 2 amide bonds. The number of nitrogens with zero attached hydrogens (tertiary/aromatic N) is 3. The van der Waals surface area contributed by atoms with Crippen LogP contribution in [0.25, 0.3) is 0 Å². The van der Waals surface area contributed by atoms with Crippen LogP contribution in [0.1, 0.15) is 30.2 Å². The normalized spacial score (nSPS) is 24.3. The third-order valence-corrected chi connectivity index (χ3v) is 6.85. The van der Waals surface area contributed by atoms with Crippen molar-refractivity contribution in [3.63, 3.8) is 0 Å². The van der Waals surface area contributed by atoms with Gasteiger partial charge in [0, 0.05) is 18.0 Å². The first-order chi connectivity index (χ1) is 14.7. The molecule has 0 spiro atoms. The van der Waals surface area contributed by atoms with Crippen molar-refractivity contribution in [2.75, 3.05) is 0 Å². The predicted octanol–water partition coefficient (Wildman–Crippen LogP) is -2.50. The number of carbonyl (C=O) groups excluding carboxylic acids is 2. The van der Waals surface area contributed by atoms with Crippen LogP contribution < -0.4 is 16.6 Å². The van der Waals surface area contributed by atoms with Gasteiger partial charge in [-0.05, 0) is 13.8 Å². The Morgan fingerprint density at radius 1 is 1.12 bits per heavy atom. The van der Waals surface area contributed by atoms with Crippen LogP contribution in [0.2, 0.25) is 0 Å². The zero-order valence-corrected chi connectivity index (χ0v) is 17.7. The monoisotopic (exact) mass is 470 g/mol. The van der Waals surface area contributed by atoms with Crippen LogP contribution in [-0.4, -0.2) is 81.3 Å². The number of carboxylic acids is 3. The van der Waals surface area contributed by atoms with E-state index in [2.05, 4.69) is 5.32 Å². The highest BCUT2D eigenvalue weighted by molar-refractivity contribution is 8.01. The molecule has 2 fully saturated rings. The second-order valence-corrected chi connectivity index (χ2v) is 9.50. The van der Waals surface area contributed by atoms with Gasteiger partial charge in [-0.15, -0.1) is 11.8 Å². The fourth-order valence-corrected chi connectivity index (χ4v) is 5.38. The van der Waals surface area contributed by atoms with E-state index in [1.807, 2.05) is 0 Å². The minimum Gasteiger partial charge on any atom is -0.480 e. The molecule has 0 saturated carbocycles. The van der Waals surface area contributed by atoms with E-state index >= 15 is 0 Å². The van der Waals surface area contributed by atoms with Crippen molar-refractivity contribution in [1.29, 1.82) is 0 Å². The van der Waals surface area contributed by atoms with Crippen molar-refractivity contribution >= 4 is 41.5 Å². The fraction of sp³-hybridized carbons (Fsp3) is 0.471. The Labute approximate surface area is 182 Å². The highest BCUT2D eigenvalue weighted by Gasteiger charge is 2.64. The first-order valence-corrected chi connectivity index (χ1v) is 9.90. The molecule has 0 bridgehead atoms. The number of fused-ring (bicyclic) bond motifs is 1. The molecule has 0 radical (unpaired) electrons. The minimum absolute atomic E-state index is 0.273. The molecule has 0 aliphatic carbocycles. The fourth-order valence-electron chi connectivity index (χ4n) is 3.76. The van der Waals surface area contributed by atoms with Crippen LogP contribution >= 0.6 is 11.8 Å². The molecular weight excluding hydrogens is 452 g/mol. The molecule has 4 N–H and O–H groups in total. The van der Waals surface area contributed by atoms with Gasteiger partial charge in [-0.3, -0.25) is 23.5 Å². The number of nitrogens with one attached hydrogen (secondary N) is 1. The first kappa shape index (κ1) is 23.1. The van der Waals surface area contributed by atoms with Crippen LogP contribution in [0.3, 0.4) is 0 Å². The second-order valence-electron chi connectivity index (χ2n) is 7.73. The van der Waals surface area contributed by atoms with Gasteiger partial charge in [-0.25, -0.2) is 19.2 Å². The number of carbonyl (C=O) groups is 5. The average molecular weight is 470 g/mol. The lowest BCUT2D eigenvalue weighted by Crippen LogP contribution is -2.71. The summed E-state index contributed by atoms with van der Waals surface area (Å²) in [5.41, 5.74) is -3.39. The predicted molar refractivity (Wildman–Crippen MR) is 105 cm³/mol. The Morgan fingerprint density at radius 3 is 2.22 bits per heavy atom. The molecule has 15 heteroatoms. The van der Waals surface area contributed by atoms with Crippen LogP contribution in [0.4, 0.5) is 0 Å². The zero-order chi connectivity index (χ0) is 24.3. The molecule has 3 heterocycles. The van der Waals surface area contributed by atoms with E-state index in [0.29, 0.717) is 10.8 Å². The van der Waals surface area contributed by atoms with E-state index in [1.165, 1.54) is 0 Å². The summed E-state index contributed by atoms with van der Waals surface area (Å²) in [5, 5.41) is 29.5. The van der Waals surface area contributed by atoms with E-state index in [-0.39, 0.29) is 4.57 Å². The van der Waals surface area contributed by atoms with E-state index in [1.54, 1.807) is 13.8 Å². The van der Waals surface area contributed by atoms with Crippen molar-refractivity contribution in [3.8, 4) is 0 Å². The molecule has 1 aromatic heterocycles. The summed E-state index contributed by atoms with van der Waals surface area (Å²) in [6, 6.07) is -4.69. The number of rotatable bonds is 6. The summed E-state index contributed by atoms with van der Waals surface area (Å²) in [6.07, 6.45) is 0.453. The largest absolute Gasteiger partial charge is 0.480 e. The summed E-state index contributed by atoms with van der Waals surface area (Å²) in [5.74, 6) is -6.87. The smallest absolute Gasteiger partial charge is 0.342 e. The van der Waals surface area contributed by atoms with Crippen LogP contribution in [0.15, 0.2) is 15.8 Å². The Hall–Kier alpha value is -3.62. The number of carboxylic acid groups (broad SMARTS) is 3. The molecule has 3 rings (SSSR count). The number of thioether (sulfide) groups is 1. The Bertz CT molecular complexity index is 1180. The van der Waals surface area contributed by atoms with Crippen molar-refractivity contribution in [1.82, 2.24) is 19.4 Å². The highest BCUT2D eigenvalue weighted by atomic mass is 32.2. The van der Waals surface area contributed by atoms with Gasteiger partial charge in [0.1, 0.15) is 23.0 Å². The third kappa shape index (κ3) is 3.34. The summed E-state index contributed by atoms with van der Waals surface area (Å²) in [7, 11) is 0.918. The van der Waals surface area contributed by atoms with Crippen molar-refractivity contribution < 1.29 is 39.3 Å². The number of hydrogen-bond acceptors (Lipinski definition) is 8. The quantitative estimate of drug-likeness (QED) is 0.252. The van der Waals surface area contributed by atoms with Crippen molar-refractivity contribution in [2.24, 2.45) is 7.05 Å². The lowest BCUT2D eigenvalue weighted by molar-refractivity contribution is -0.161. The van der Waals surface area contributed by atoms with Crippen LogP contribution in [0.5, 0.6) is 0 Å². The Balaban J connectivity index is 1.94. The van der Waals surface area contributed by atoms with Crippen molar-refractivity contribution in [2.45, 2.75) is 42.1 Å². The molecule has 2 aliphatic rings. The van der Waals surface area contributed by atoms with Gasteiger partial charge in [0.15, 0.2) is 0 Å². The van der Waals surface area contributed by atoms with E-state index < -0.39 is 74.8 Å². The van der Waals surface area contributed by atoms with Gasteiger partial charge in [0.05, 0.1) is 0 Å². The maximum Gasteiger partial charge on any atom is 0.342 e. The maximum atomic E-state index is 12.7. The van der Waals surface area contributed by atoms with Gasteiger partial charge in [-0.2, -0.15) is 0 Å². The number of aliphatic carboxylic acids is 2. The van der Waals surface area contributed by atoms with Crippen LogP contribution in [-0.2, 0) is 26.2 Å². The highest BCUT2D eigenvalue weighted by Crippen LogP contribution is 2.50. The molecule has 4 atom stereocenters. The standard InChI is InChI=1S/C17H18N4O10S/c1-17(2)8(15(29)30)21-11(24)6(12(21)32-17)18-9(22)7(14(27)28)20-4-5(13(25)26)10(23)19(3)16(20)31/h4,6-8,12H,1-3H3,(H,18,22)(H,25,26)(H,27,28)(H,29,30)/t6-,7?,8+,12-/m1/s1. The van der Waals surface area contributed by atoms with Gasteiger partial charge in [0.25, 0.3) is 11.5 Å². The second kappa shape index (κ2) is 7.51. The SMILES string of the molecule is Cn1c(=O)c(C(=O)O)cn(C(C(=O)O)C(=O)N[C@@H]2C(=O)N3[C@@H]2SC(C)(C)[C@@H]3C(=O)O)c1=O. The number of hydrogen-bond donors (Lipinski definition) is 4. The summed E-state index contributed by atoms with van der Waals surface area (Å²) in [4.78, 5) is 85.2. The molecule has 0 aromatic carbocycles. The van der Waals surface area contributed by atoms with E-state index in [4.69, 9.17) is 5.11 Å². The molecule has 2 saturated heterocycles. The summed E-state index contributed by atoms with van der Waals surface area (Å²) in [6.45, 7) is 3.22. The maximum absolute atomic E-state index is 12.7. The topological polar surface area (TPSA) is 205 Å². The molecule has 14 nitrogen and oxygen atoms in total. The zero-order valence-electron chi connectivity index (χ0n) is 16.8. The molecule has 172 valence electrons. The van der Waals surface area contributed by atoms with E-state index in [0.717, 1.165) is 23.7 Å². The Kier molecular flexibility index (Phi) is 5.41. The summed E-state index contributed by atoms with van der Waals surface area (Å²) < 4.78 is -0.270. The Morgan fingerprint density at radius 2 is 1.72 bits per heavy atom. The van der Waals surface area contributed by atoms with Crippen LogP contribution in [0, 0.1) is 0 Å². The number of β-lactam (4-membered cyclic amide) rings is 1. The average Bonchev–Trinajstić information content (AvgIpc) is 2.93. The summed E-state index contributed by atoms with van der Waals surface area (Å²) >= 11 is 1.11. The van der Waals surface area contributed by atoms with Gasteiger partial charge < -0.3 is 25.5 Å². The van der Waals surface area contributed by atoms with Gasteiger partial charge in [0.2, 0.25) is 11.9 Å². The molecule has 1 unspecified atom stereocenters. The molecular formula is C17H18N4O10S. The first-order valence-electron chi connectivity index (χ1n) is 9.02. The number of aromatic carboxylic acids is 1.